The van der Waals surface area contributed by atoms with E-state index in [1.807, 2.05) is 11.8 Å². The average Bonchev–Trinajstić information content (AvgIpc) is 2.77. The first-order chi connectivity index (χ1) is 7.67. The molecule has 1 amide bonds. The zero-order chi connectivity index (χ0) is 11.6. The van der Waals surface area contributed by atoms with E-state index in [1.165, 1.54) is 0 Å². The van der Waals surface area contributed by atoms with Crippen LogP contribution >= 0.6 is 15.9 Å². The lowest BCUT2D eigenvalue weighted by molar-refractivity contribution is -0.187. The summed E-state index contributed by atoms with van der Waals surface area (Å²) in [6.07, 6.45) is 2.41. The smallest absolute Gasteiger partial charge is 0.236 e. The number of piperidine rings is 1. The van der Waals surface area contributed by atoms with Crippen LogP contribution in [0.1, 0.15) is 26.2 Å². The van der Waals surface area contributed by atoms with Crippen molar-refractivity contribution in [2.24, 2.45) is 0 Å². The van der Waals surface area contributed by atoms with Crippen molar-refractivity contribution < 1.29 is 14.3 Å². The van der Waals surface area contributed by atoms with Crippen molar-refractivity contribution in [2.75, 3.05) is 26.3 Å². The maximum absolute atomic E-state index is 11.9. The molecular formula is C11H18BrNO3. The summed E-state index contributed by atoms with van der Waals surface area (Å²) in [5, 5.41) is 0. The molecule has 2 aliphatic rings. The maximum Gasteiger partial charge on any atom is 0.236 e. The van der Waals surface area contributed by atoms with Crippen molar-refractivity contribution >= 4 is 21.8 Å². The number of amides is 1. The van der Waals surface area contributed by atoms with Gasteiger partial charge in [-0.15, -0.1) is 0 Å². The molecule has 5 heteroatoms. The molecule has 0 aliphatic carbocycles. The van der Waals surface area contributed by atoms with Gasteiger partial charge in [0.05, 0.1) is 18.0 Å². The molecule has 0 saturated carbocycles. The van der Waals surface area contributed by atoms with E-state index in [0.717, 1.165) is 32.4 Å². The third-order valence-electron chi connectivity index (χ3n) is 3.28. The van der Waals surface area contributed by atoms with Crippen LogP contribution in [-0.2, 0) is 14.3 Å². The van der Waals surface area contributed by atoms with Crippen LogP contribution in [0.4, 0.5) is 0 Å². The Bertz CT molecular complexity index is 256. The molecule has 0 aromatic carbocycles. The first kappa shape index (κ1) is 12.3. The zero-order valence-electron chi connectivity index (χ0n) is 9.58. The third kappa shape index (κ3) is 2.41. The maximum atomic E-state index is 11.9. The highest BCUT2D eigenvalue weighted by molar-refractivity contribution is 9.10. The van der Waals surface area contributed by atoms with Gasteiger partial charge < -0.3 is 14.4 Å². The highest BCUT2D eigenvalue weighted by Gasteiger charge is 2.41. The monoisotopic (exact) mass is 291 g/mol. The zero-order valence-corrected chi connectivity index (χ0v) is 11.2. The number of likely N-dealkylation sites (tertiary alicyclic amines) is 1. The second-order valence-electron chi connectivity index (χ2n) is 4.31. The predicted molar refractivity (Wildman–Crippen MR) is 63.5 cm³/mol. The third-order valence-corrected chi connectivity index (χ3v) is 4.32. The largest absolute Gasteiger partial charge is 0.347 e. The Morgan fingerprint density at radius 3 is 2.44 bits per heavy atom. The van der Waals surface area contributed by atoms with Crippen LogP contribution < -0.4 is 0 Å². The molecule has 0 aromatic heterocycles. The summed E-state index contributed by atoms with van der Waals surface area (Å²) in [4.78, 5) is 13.8. The van der Waals surface area contributed by atoms with E-state index in [1.54, 1.807) is 0 Å². The van der Waals surface area contributed by atoms with Crippen molar-refractivity contribution in [1.82, 2.24) is 4.90 Å². The number of rotatable bonds is 2. The van der Waals surface area contributed by atoms with Gasteiger partial charge in [0.1, 0.15) is 0 Å². The molecule has 0 radical (unpaired) electrons. The number of nitrogens with zero attached hydrogens (tertiary/aromatic N) is 1. The van der Waals surface area contributed by atoms with Crippen LogP contribution in [-0.4, -0.2) is 47.7 Å². The molecule has 1 spiro atoms. The molecular weight excluding hydrogens is 274 g/mol. The average molecular weight is 292 g/mol. The summed E-state index contributed by atoms with van der Waals surface area (Å²) in [6.45, 7) is 4.85. The number of hydrogen-bond donors (Lipinski definition) is 0. The van der Waals surface area contributed by atoms with Gasteiger partial charge in [-0.2, -0.15) is 0 Å². The second-order valence-corrected chi connectivity index (χ2v) is 5.41. The van der Waals surface area contributed by atoms with Crippen molar-refractivity contribution in [3.63, 3.8) is 0 Å². The fraction of sp³-hybridized carbons (Fsp3) is 0.909. The van der Waals surface area contributed by atoms with E-state index in [2.05, 4.69) is 15.9 Å². The Balaban J connectivity index is 1.87. The van der Waals surface area contributed by atoms with E-state index in [0.29, 0.717) is 13.2 Å². The van der Waals surface area contributed by atoms with Gasteiger partial charge >= 0.3 is 0 Å². The van der Waals surface area contributed by atoms with E-state index in [-0.39, 0.29) is 16.5 Å². The van der Waals surface area contributed by atoms with Crippen LogP contribution in [0.3, 0.4) is 0 Å². The highest BCUT2D eigenvalue weighted by Crippen LogP contribution is 2.31. The van der Waals surface area contributed by atoms with Crippen LogP contribution in [0.15, 0.2) is 0 Å². The lowest BCUT2D eigenvalue weighted by Gasteiger charge is -2.38. The molecule has 0 aromatic rings. The number of carbonyl (C=O) groups excluding carboxylic acids is 1. The van der Waals surface area contributed by atoms with Gasteiger partial charge in [0.2, 0.25) is 5.91 Å². The Hall–Kier alpha value is -0.130. The van der Waals surface area contributed by atoms with E-state index in [4.69, 9.17) is 9.47 Å². The summed E-state index contributed by atoms with van der Waals surface area (Å²) in [5.74, 6) is -0.194. The fourth-order valence-corrected chi connectivity index (χ4v) is 2.52. The topological polar surface area (TPSA) is 38.8 Å². The van der Waals surface area contributed by atoms with Crippen molar-refractivity contribution in [3.8, 4) is 0 Å². The van der Waals surface area contributed by atoms with Gasteiger partial charge in [-0.1, -0.05) is 22.9 Å². The highest BCUT2D eigenvalue weighted by atomic mass is 79.9. The van der Waals surface area contributed by atoms with Crippen molar-refractivity contribution in [2.45, 2.75) is 36.8 Å². The molecule has 2 aliphatic heterocycles. The summed E-state index contributed by atoms with van der Waals surface area (Å²) in [5.41, 5.74) is 0. The minimum atomic E-state index is -0.384. The Kier molecular flexibility index (Phi) is 3.87. The molecule has 1 unspecified atom stereocenters. The predicted octanol–water partition coefficient (Wildman–Crippen LogP) is 1.53. The quantitative estimate of drug-likeness (QED) is 0.724. The van der Waals surface area contributed by atoms with Gasteiger partial charge in [-0.05, 0) is 6.42 Å². The van der Waals surface area contributed by atoms with Gasteiger partial charge in [-0.3, -0.25) is 4.79 Å². The van der Waals surface area contributed by atoms with Crippen molar-refractivity contribution in [3.05, 3.63) is 0 Å². The first-order valence-corrected chi connectivity index (χ1v) is 6.79. The van der Waals surface area contributed by atoms with Crippen LogP contribution in [0.2, 0.25) is 0 Å². The van der Waals surface area contributed by atoms with Crippen LogP contribution in [0.25, 0.3) is 0 Å². The number of carbonyl (C=O) groups is 1. The number of halogens is 1. The van der Waals surface area contributed by atoms with Gasteiger partial charge in [-0.25, -0.2) is 0 Å². The van der Waals surface area contributed by atoms with Gasteiger partial charge in [0.25, 0.3) is 0 Å². The lowest BCUT2D eigenvalue weighted by Crippen LogP contribution is -2.49. The standard InChI is InChI=1S/C11H18BrNO3/c1-2-9(12)10(14)13-5-3-11(4-6-13)15-7-8-16-11/h9H,2-8H2,1H3. The summed E-state index contributed by atoms with van der Waals surface area (Å²) >= 11 is 3.40. The molecule has 2 rings (SSSR count). The second kappa shape index (κ2) is 5.02. The normalized spacial score (nSPS) is 26.0. The Morgan fingerprint density at radius 2 is 1.94 bits per heavy atom. The number of ether oxygens (including phenoxy) is 2. The molecule has 4 nitrogen and oxygen atoms in total. The SMILES string of the molecule is CCC(Br)C(=O)N1CCC2(CC1)OCCO2. The molecule has 0 bridgehead atoms. The Labute approximate surface area is 104 Å². The fourth-order valence-electron chi connectivity index (χ4n) is 2.23. The summed E-state index contributed by atoms with van der Waals surface area (Å²) in [7, 11) is 0. The molecule has 2 fully saturated rings. The lowest BCUT2D eigenvalue weighted by atomic mass is 10.0. The first-order valence-electron chi connectivity index (χ1n) is 5.88. The molecule has 92 valence electrons. The van der Waals surface area contributed by atoms with E-state index < -0.39 is 0 Å². The number of hydrogen-bond acceptors (Lipinski definition) is 3. The van der Waals surface area contributed by atoms with E-state index >= 15 is 0 Å². The molecule has 1 atom stereocenters. The number of alkyl halides is 1. The molecule has 2 saturated heterocycles. The Morgan fingerprint density at radius 1 is 1.38 bits per heavy atom. The van der Waals surface area contributed by atoms with Crippen LogP contribution in [0, 0.1) is 0 Å². The molecule has 16 heavy (non-hydrogen) atoms. The molecule has 2 heterocycles. The van der Waals surface area contributed by atoms with Crippen LogP contribution in [0.5, 0.6) is 0 Å². The van der Waals surface area contributed by atoms with Gasteiger partial charge in [0, 0.05) is 25.9 Å². The van der Waals surface area contributed by atoms with Crippen molar-refractivity contribution in [1.29, 1.82) is 0 Å². The van der Waals surface area contributed by atoms with E-state index in [9.17, 15) is 4.79 Å². The summed E-state index contributed by atoms with van der Waals surface area (Å²) < 4.78 is 11.2. The van der Waals surface area contributed by atoms with Gasteiger partial charge in [0.15, 0.2) is 5.79 Å². The summed E-state index contributed by atoms with van der Waals surface area (Å²) in [6, 6.07) is 0. The minimum absolute atomic E-state index is 0.0491. The molecule has 0 N–H and O–H groups in total. The minimum Gasteiger partial charge on any atom is -0.347 e.